The standard InChI is InChI=1S/C13H10F4O4/c1-6(14)11-9(12(18)19)5-7-4-8(21-13(15,16)17)2-3-10(7)20-11/h2-6,11H,1H3,(H,18,19). The van der Waals surface area contributed by atoms with Crippen molar-refractivity contribution in [1.29, 1.82) is 0 Å². The molecule has 2 rings (SSSR count). The largest absolute Gasteiger partial charge is 0.573 e. The van der Waals surface area contributed by atoms with E-state index in [9.17, 15) is 22.4 Å². The van der Waals surface area contributed by atoms with Crippen molar-refractivity contribution in [2.45, 2.75) is 25.6 Å². The second-order valence-corrected chi connectivity index (χ2v) is 4.37. The molecule has 1 N–H and O–H groups in total. The van der Waals surface area contributed by atoms with Gasteiger partial charge in [0.2, 0.25) is 0 Å². The van der Waals surface area contributed by atoms with Gasteiger partial charge in [0.1, 0.15) is 17.7 Å². The fourth-order valence-corrected chi connectivity index (χ4v) is 1.92. The van der Waals surface area contributed by atoms with Crippen LogP contribution in [0.4, 0.5) is 17.6 Å². The minimum absolute atomic E-state index is 0.0750. The Morgan fingerprint density at radius 1 is 1.43 bits per heavy atom. The number of hydrogen-bond acceptors (Lipinski definition) is 3. The third-order valence-electron chi connectivity index (χ3n) is 2.75. The van der Waals surface area contributed by atoms with Crippen LogP contribution in [0.15, 0.2) is 23.8 Å². The summed E-state index contributed by atoms with van der Waals surface area (Å²) < 4.78 is 58.7. The Kier molecular flexibility index (Phi) is 3.80. The number of carboxylic acid groups (broad SMARTS) is 1. The molecule has 1 aromatic carbocycles. The Labute approximate surface area is 116 Å². The number of benzene rings is 1. The van der Waals surface area contributed by atoms with Gasteiger partial charge >= 0.3 is 12.3 Å². The number of carbonyl (C=O) groups is 1. The Morgan fingerprint density at radius 2 is 2.10 bits per heavy atom. The van der Waals surface area contributed by atoms with E-state index < -0.39 is 30.4 Å². The molecule has 114 valence electrons. The molecule has 2 atom stereocenters. The Hall–Kier alpha value is -2.25. The number of carboxylic acids is 1. The van der Waals surface area contributed by atoms with Crippen LogP contribution in [0.2, 0.25) is 0 Å². The van der Waals surface area contributed by atoms with Crippen molar-refractivity contribution in [3.05, 3.63) is 29.3 Å². The Bertz CT molecular complexity index is 592. The van der Waals surface area contributed by atoms with Gasteiger partial charge in [-0.1, -0.05) is 0 Å². The summed E-state index contributed by atoms with van der Waals surface area (Å²) in [6, 6.07) is 3.15. The summed E-state index contributed by atoms with van der Waals surface area (Å²) in [6.07, 6.45) is -6.69. The number of hydrogen-bond donors (Lipinski definition) is 1. The number of alkyl halides is 4. The van der Waals surface area contributed by atoms with Crippen LogP contribution in [0.1, 0.15) is 12.5 Å². The van der Waals surface area contributed by atoms with Crippen LogP contribution in [0.3, 0.4) is 0 Å². The Balaban J connectivity index is 2.40. The predicted molar refractivity (Wildman–Crippen MR) is 63.7 cm³/mol. The smallest absolute Gasteiger partial charge is 0.482 e. The van der Waals surface area contributed by atoms with E-state index in [-0.39, 0.29) is 16.9 Å². The van der Waals surface area contributed by atoms with Gasteiger partial charge in [-0.3, -0.25) is 0 Å². The van der Waals surface area contributed by atoms with Crippen LogP contribution < -0.4 is 9.47 Å². The average Bonchev–Trinajstić information content (AvgIpc) is 2.34. The molecule has 1 aliphatic rings. The molecule has 0 bridgehead atoms. The molecule has 1 aliphatic heterocycles. The number of fused-ring (bicyclic) bond motifs is 1. The maximum atomic E-state index is 13.4. The van der Waals surface area contributed by atoms with E-state index in [1.165, 1.54) is 6.07 Å². The minimum Gasteiger partial charge on any atom is -0.482 e. The molecule has 4 nitrogen and oxygen atoms in total. The number of aliphatic carboxylic acids is 1. The van der Waals surface area contributed by atoms with Crippen LogP contribution in [0.25, 0.3) is 6.08 Å². The zero-order chi connectivity index (χ0) is 15.8. The summed E-state index contributed by atoms with van der Waals surface area (Å²) in [5, 5.41) is 9.01. The van der Waals surface area contributed by atoms with E-state index in [0.717, 1.165) is 25.1 Å². The van der Waals surface area contributed by atoms with Gasteiger partial charge in [0, 0.05) is 5.56 Å². The first-order valence-corrected chi connectivity index (χ1v) is 5.83. The van der Waals surface area contributed by atoms with Gasteiger partial charge in [0.25, 0.3) is 0 Å². The second-order valence-electron chi connectivity index (χ2n) is 4.37. The lowest BCUT2D eigenvalue weighted by Crippen LogP contribution is -2.34. The summed E-state index contributed by atoms with van der Waals surface area (Å²) >= 11 is 0. The predicted octanol–water partition coefficient (Wildman–Crippen LogP) is 3.17. The summed E-state index contributed by atoms with van der Waals surface area (Å²) in [5.74, 6) is -1.83. The third-order valence-corrected chi connectivity index (χ3v) is 2.75. The highest BCUT2D eigenvalue weighted by Crippen LogP contribution is 2.35. The van der Waals surface area contributed by atoms with Crippen LogP contribution in [0, 0.1) is 0 Å². The molecule has 1 aromatic rings. The first-order chi connectivity index (χ1) is 9.67. The molecule has 0 amide bonds. The van der Waals surface area contributed by atoms with Crippen molar-refractivity contribution in [1.82, 2.24) is 0 Å². The fraction of sp³-hybridized carbons (Fsp3) is 0.308. The number of rotatable bonds is 3. The maximum absolute atomic E-state index is 13.4. The fourth-order valence-electron chi connectivity index (χ4n) is 1.92. The van der Waals surface area contributed by atoms with Crippen molar-refractivity contribution >= 4 is 12.0 Å². The van der Waals surface area contributed by atoms with Crippen molar-refractivity contribution in [3.63, 3.8) is 0 Å². The van der Waals surface area contributed by atoms with E-state index in [4.69, 9.17) is 9.84 Å². The van der Waals surface area contributed by atoms with Crippen molar-refractivity contribution in [2.24, 2.45) is 0 Å². The third kappa shape index (κ3) is 3.45. The molecule has 8 heteroatoms. The monoisotopic (exact) mass is 306 g/mol. The molecule has 0 aliphatic carbocycles. The van der Waals surface area contributed by atoms with Gasteiger partial charge in [-0.15, -0.1) is 13.2 Å². The second kappa shape index (κ2) is 5.27. The average molecular weight is 306 g/mol. The van der Waals surface area contributed by atoms with Crippen molar-refractivity contribution < 1.29 is 36.9 Å². The highest BCUT2D eigenvalue weighted by atomic mass is 19.4. The lowest BCUT2D eigenvalue weighted by Gasteiger charge is -2.26. The van der Waals surface area contributed by atoms with Crippen LogP contribution in [-0.4, -0.2) is 29.7 Å². The topological polar surface area (TPSA) is 55.8 Å². The van der Waals surface area contributed by atoms with Crippen molar-refractivity contribution in [3.8, 4) is 11.5 Å². The molecular weight excluding hydrogens is 296 g/mol. The zero-order valence-electron chi connectivity index (χ0n) is 10.6. The molecule has 0 fully saturated rings. The van der Waals surface area contributed by atoms with Gasteiger partial charge in [0.05, 0.1) is 5.57 Å². The summed E-state index contributed by atoms with van der Waals surface area (Å²) in [7, 11) is 0. The highest BCUT2D eigenvalue weighted by Gasteiger charge is 2.34. The molecular formula is C13H10F4O4. The van der Waals surface area contributed by atoms with Gasteiger partial charge in [-0.2, -0.15) is 0 Å². The van der Waals surface area contributed by atoms with E-state index in [1.807, 2.05) is 0 Å². The first-order valence-electron chi connectivity index (χ1n) is 5.83. The molecule has 0 aromatic heterocycles. The van der Waals surface area contributed by atoms with E-state index >= 15 is 0 Å². The van der Waals surface area contributed by atoms with Crippen LogP contribution in [0.5, 0.6) is 11.5 Å². The molecule has 0 radical (unpaired) electrons. The lowest BCUT2D eigenvalue weighted by atomic mass is 9.99. The van der Waals surface area contributed by atoms with E-state index in [0.29, 0.717) is 0 Å². The summed E-state index contributed by atoms with van der Waals surface area (Å²) in [6.45, 7) is 1.13. The van der Waals surface area contributed by atoms with E-state index in [1.54, 1.807) is 0 Å². The van der Waals surface area contributed by atoms with Crippen molar-refractivity contribution in [2.75, 3.05) is 0 Å². The normalized spacial score (nSPS) is 19.1. The van der Waals surface area contributed by atoms with Gasteiger partial charge in [-0.25, -0.2) is 9.18 Å². The molecule has 0 saturated heterocycles. The molecule has 21 heavy (non-hydrogen) atoms. The summed E-state index contributed by atoms with van der Waals surface area (Å²) in [5.41, 5.74) is -0.298. The molecule has 2 unspecified atom stereocenters. The maximum Gasteiger partial charge on any atom is 0.573 e. The van der Waals surface area contributed by atoms with Crippen LogP contribution >= 0.6 is 0 Å². The minimum atomic E-state index is -4.86. The number of halogens is 4. The van der Waals surface area contributed by atoms with Gasteiger partial charge in [-0.05, 0) is 31.2 Å². The van der Waals surface area contributed by atoms with Crippen LogP contribution in [-0.2, 0) is 4.79 Å². The first kappa shape index (κ1) is 15.1. The lowest BCUT2D eigenvalue weighted by molar-refractivity contribution is -0.274. The highest BCUT2D eigenvalue weighted by molar-refractivity contribution is 5.95. The molecule has 1 heterocycles. The number of ether oxygens (including phenoxy) is 2. The Morgan fingerprint density at radius 3 is 2.62 bits per heavy atom. The summed E-state index contributed by atoms with van der Waals surface area (Å²) in [4.78, 5) is 11.1. The van der Waals surface area contributed by atoms with Gasteiger partial charge in [0.15, 0.2) is 6.10 Å². The van der Waals surface area contributed by atoms with Gasteiger partial charge < -0.3 is 14.6 Å². The quantitative estimate of drug-likeness (QED) is 0.872. The molecule has 0 spiro atoms. The zero-order valence-corrected chi connectivity index (χ0v) is 10.6. The van der Waals surface area contributed by atoms with E-state index in [2.05, 4.69) is 4.74 Å². The SMILES string of the molecule is CC(F)C1Oc2ccc(OC(F)(F)F)cc2C=C1C(=O)O. The molecule has 0 saturated carbocycles.